The van der Waals surface area contributed by atoms with Crippen molar-refractivity contribution >= 4 is 27.5 Å². The number of carbonyl (C=O) groups excluding carboxylic acids is 2. The van der Waals surface area contributed by atoms with Gasteiger partial charge in [0.1, 0.15) is 18.4 Å². The van der Waals surface area contributed by atoms with Gasteiger partial charge in [-0.3, -0.25) is 13.9 Å². The van der Waals surface area contributed by atoms with Crippen molar-refractivity contribution in [2.45, 2.75) is 58.0 Å². The van der Waals surface area contributed by atoms with Gasteiger partial charge in [-0.2, -0.15) is 0 Å². The molecule has 2 amide bonds. The monoisotopic (exact) mass is 553 g/mol. The number of nitrogens with one attached hydrogen (secondary N) is 1. The topological polar surface area (TPSA) is 86.8 Å². The third kappa shape index (κ3) is 7.44. The van der Waals surface area contributed by atoms with Gasteiger partial charge in [0.25, 0.3) is 10.0 Å². The molecule has 0 aromatic heterocycles. The lowest BCUT2D eigenvalue weighted by atomic mass is 10.1. The molecule has 1 atom stereocenters. The molecule has 0 saturated carbocycles. The maximum atomic E-state index is 14.0. The lowest BCUT2D eigenvalue weighted by molar-refractivity contribution is -0.140. The highest BCUT2D eigenvalue weighted by Crippen LogP contribution is 2.25. The maximum Gasteiger partial charge on any atom is 0.264 e. The molecule has 0 radical (unpaired) electrons. The van der Waals surface area contributed by atoms with E-state index in [2.05, 4.69) is 5.32 Å². The molecule has 1 N–H and O–H groups in total. The van der Waals surface area contributed by atoms with Crippen molar-refractivity contribution in [3.05, 3.63) is 95.3 Å². The van der Waals surface area contributed by atoms with E-state index in [-0.39, 0.29) is 23.0 Å². The van der Waals surface area contributed by atoms with E-state index in [0.717, 1.165) is 39.5 Å². The molecule has 0 bridgehead atoms. The average Bonchev–Trinajstić information content (AvgIpc) is 2.92. The first kappa shape index (κ1) is 29.8. The summed E-state index contributed by atoms with van der Waals surface area (Å²) in [6.07, 6.45) is 1.08. The molecular formula is C30H36FN3O4S. The number of amides is 2. The van der Waals surface area contributed by atoms with Gasteiger partial charge in [-0.25, -0.2) is 12.8 Å². The molecule has 7 nitrogen and oxygen atoms in total. The Morgan fingerprint density at radius 1 is 0.923 bits per heavy atom. The molecule has 3 rings (SSSR count). The fourth-order valence-corrected chi connectivity index (χ4v) is 5.64. The first-order valence-corrected chi connectivity index (χ1v) is 14.5. The summed E-state index contributed by atoms with van der Waals surface area (Å²) < 4.78 is 42.3. The molecule has 0 aliphatic carbocycles. The Bertz CT molecular complexity index is 1380. The van der Waals surface area contributed by atoms with Crippen LogP contribution in [0.15, 0.2) is 77.7 Å². The third-order valence-corrected chi connectivity index (χ3v) is 8.33. The molecule has 0 spiro atoms. The van der Waals surface area contributed by atoms with Crippen LogP contribution in [0.25, 0.3) is 0 Å². The van der Waals surface area contributed by atoms with E-state index in [1.165, 1.54) is 29.2 Å². The van der Waals surface area contributed by atoms with Crippen LogP contribution < -0.4 is 9.62 Å². The Balaban J connectivity index is 2.05. The van der Waals surface area contributed by atoms with Gasteiger partial charge in [0.15, 0.2) is 0 Å². The summed E-state index contributed by atoms with van der Waals surface area (Å²) in [7, 11) is -4.20. The summed E-state index contributed by atoms with van der Waals surface area (Å²) >= 11 is 0. The molecule has 3 aromatic carbocycles. The van der Waals surface area contributed by atoms with Crippen LogP contribution in [0.1, 0.15) is 43.4 Å². The van der Waals surface area contributed by atoms with Crippen molar-refractivity contribution < 1.29 is 22.4 Å². The van der Waals surface area contributed by atoms with E-state index in [1.807, 2.05) is 52.0 Å². The van der Waals surface area contributed by atoms with Crippen LogP contribution in [0.3, 0.4) is 0 Å². The summed E-state index contributed by atoms with van der Waals surface area (Å²) in [5, 5.41) is 2.87. The Kier molecular flexibility index (Phi) is 10.2. The summed E-state index contributed by atoms with van der Waals surface area (Å²) in [5.74, 6) is -1.37. The highest BCUT2D eigenvalue weighted by Gasteiger charge is 2.33. The van der Waals surface area contributed by atoms with Crippen LogP contribution in [0.4, 0.5) is 10.1 Å². The number of hydrogen-bond acceptors (Lipinski definition) is 4. The summed E-state index contributed by atoms with van der Waals surface area (Å²) in [5.41, 5.74) is 2.82. The van der Waals surface area contributed by atoms with Crippen LogP contribution in [-0.2, 0) is 26.2 Å². The van der Waals surface area contributed by atoms with Gasteiger partial charge >= 0.3 is 0 Å². The van der Waals surface area contributed by atoms with Gasteiger partial charge in [0.2, 0.25) is 11.8 Å². The second-order valence-corrected chi connectivity index (χ2v) is 11.3. The number of rotatable bonds is 12. The Hall–Kier alpha value is -3.72. The lowest BCUT2D eigenvalue weighted by Gasteiger charge is -2.33. The van der Waals surface area contributed by atoms with Crippen LogP contribution in [0.2, 0.25) is 0 Å². The van der Waals surface area contributed by atoms with Crippen LogP contribution >= 0.6 is 0 Å². The average molecular weight is 554 g/mol. The first-order valence-electron chi connectivity index (χ1n) is 13.0. The quantitative estimate of drug-likeness (QED) is 0.343. The highest BCUT2D eigenvalue weighted by atomic mass is 32.2. The van der Waals surface area contributed by atoms with E-state index in [0.29, 0.717) is 13.0 Å². The normalized spacial score (nSPS) is 12.0. The van der Waals surface area contributed by atoms with E-state index in [1.54, 1.807) is 12.1 Å². The zero-order valence-corrected chi connectivity index (χ0v) is 23.7. The Morgan fingerprint density at radius 2 is 1.56 bits per heavy atom. The number of nitrogens with zero attached hydrogens (tertiary/aromatic N) is 2. The van der Waals surface area contributed by atoms with Gasteiger partial charge in [-0.05, 0) is 74.2 Å². The summed E-state index contributed by atoms with van der Waals surface area (Å²) in [4.78, 5) is 28.5. The summed E-state index contributed by atoms with van der Waals surface area (Å²) in [6, 6.07) is 18.0. The molecule has 208 valence electrons. The van der Waals surface area contributed by atoms with E-state index < -0.39 is 34.3 Å². The van der Waals surface area contributed by atoms with Gasteiger partial charge in [-0.15, -0.1) is 0 Å². The summed E-state index contributed by atoms with van der Waals surface area (Å²) in [6.45, 7) is 7.55. The Morgan fingerprint density at radius 3 is 2.15 bits per heavy atom. The minimum atomic E-state index is -4.20. The van der Waals surface area contributed by atoms with E-state index >= 15 is 0 Å². The molecule has 0 unspecified atom stereocenters. The van der Waals surface area contributed by atoms with Gasteiger partial charge in [-0.1, -0.05) is 55.8 Å². The minimum absolute atomic E-state index is 0.00316. The van der Waals surface area contributed by atoms with Crippen molar-refractivity contribution in [3.63, 3.8) is 0 Å². The molecule has 39 heavy (non-hydrogen) atoms. The van der Waals surface area contributed by atoms with Crippen molar-refractivity contribution in [2.24, 2.45) is 0 Å². The van der Waals surface area contributed by atoms with Gasteiger partial charge in [0.05, 0.1) is 10.6 Å². The van der Waals surface area contributed by atoms with Gasteiger partial charge < -0.3 is 10.2 Å². The first-order chi connectivity index (χ1) is 18.6. The molecule has 0 saturated heterocycles. The molecule has 0 aliphatic rings. The van der Waals surface area contributed by atoms with Crippen LogP contribution in [0.5, 0.6) is 0 Å². The number of sulfonamides is 1. The Labute approximate surface area is 230 Å². The molecule has 0 heterocycles. The predicted molar refractivity (Wildman–Crippen MR) is 151 cm³/mol. The zero-order valence-electron chi connectivity index (χ0n) is 22.9. The van der Waals surface area contributed by atoms with Crippen molar-refractivity contribution in [1.29, 1.82) is 0 Å². The third-order valence-electron chi connectivity index (χ3n) is 6.54. The zero-order chi connectivity index (χ0) is 28.6. The smallest absolute Gasteiger partial charge is 0.264 e. The second-order valence-electron chi connectivity index (χ2n) is 9.46. The van der Waals surface area contributed by atoms with Crippen LogP contribution in [-0.4, -0.2) is 44.3 Å². The number of anilines is 1. The largest absolute Gasteiger partial charge is 0.354 e. The SMILES string of the molecule is CCCNC(=O)[C@H](CC)N(Cc1ccccc1C)C(=O)CN(c1ccc(F)cc1)S(=O)(=O)c1ccc(C)cc1. The molecular weight excluding hydrogens is 517 g/mol. The highest BCUT2D eigenvalue weighted by molar-refractivity contribution is 7.92. The van der Waals surface area contributed by atoms with Gasteiger partial charge in [0, 0.05) is 13.1 Å². The maximum absolute atomic E-state index is 14.0. The van der Waals surface area contributed by atoms with E-state index in [9.17, 15) is 22.4 Å². The van der Waals surface area contributed by atoms with Crippen molar-refractivity contribution in [3.8, 4) is 0 Å². The fraction of sp³-hybridized carbons (Fsp3) is 0.333. The molecule has 0 fully saturated rings. The van der Waals surface area contributed by atoms with E-state index in [4.69, 9.17) is 0 Å². The lowest BCUT2D eigenvalue weighted by Crippen LogP contribution is -2.52. The predicted octanol–water partition coefficient (Wildman–Crippen LogP) is 4.97. The fourth-order valence-electron chi connectivity index (χ4n) is 4.23. The number of hydrogen-bond donors (Lipinski definition) is 1. The number of benzene rings is 3. The minimum Gasteiger partial charge on any atom is -0.354 e. The molecule has 3 aromatic rings. The van der Waals surface area contributed by atoms with Crippen molar-refractivity contribution in [2.75, 3.05) is 17.4 Å². The number of halogens is 1. The number of aryl methyl sites for hydroxylation is 2. The van der Waals surface area contributed by atoms with Crippen molar-refractivity contribution in [1.82, 2.24) is 10.2 Å². The standard InChI is InChI=1S/C30H36FN3O4S/c1-5-19-32-30(36)28(6-2)33(20-24-10-8-7-9-23(24)4)29(35)21-34(26-15-13-25(31)14-16-26)39(37,38)27-17-11-22(3)12-18-27/h7-18,28H,5-6,19-21H2,1-4H3,(H,32,36)/t28-/m0/s1. The molecule has 9 heteroatoms. The second kappa shape index (κ2) is 13.4. The number of carbonyl (C=O) groups is 2. The van der Waals surface area contributed by atoms with Crippen LogP contribution in [0, 0.1) is 19.7 Å². The molecule has 0 aliphatic heterocycles.